The van der Waals surface area contributed by atoms with Crippen LogP contribution in [0.3, 0.4) is 0 Å². The van der Waals surface area contributed by atoms with Gasteiger partial charge in [0.05, 0.1) is 11.2 Å². The predicted octanol–water partition coefficient (Wildman–Crippen LogP) is 3.09. The van der Waals surface area contributed by atoms with Gasteiger partial charge < -0.3 is 15.0 Å². The summed E-state index contributed by atoms with van der Waals surface area (Å²) in [6.07, 6.45) is 0. The van der Waals surface area contributed by atoms with Crippen LogP contribution in [0.15, 0.2) is 24.3 Å². The molecular formula is C15H25BClNO2. The lowest BCUT2D eigenvalue weighted by Gasteiger charge is -2.32. The fraction of sp³-hybridized carbons (Fsp3) is 0.600. The predicted molar refractivity (Wildman–Crippen MR) is 86.3 cm³/mol. The molecule has 1 atom stereocenters. The van der Waals surface area contributed by atoms with Crippen molar-refractivity contribution in [3.63, 3.8) is 0 Å². The molecule has 1 aliphatic rings. The second-order valence-corrected chi connectivity index (χ2v) is 6.38. The Morgan fingerprint density at radius 3 is 1.90 bits per heavy atom. The Morgan fingerprint density at radius 2 is 1.50 bits per heavy atom. The van der Waals surface area contributed by atoms with E-state index in [-0.39, 0.29) is 36.5 Å². The van der Waals surface area contributed by atoms with Crippen molar-refractivity contribution in [3.8, 4) is 0 Å². The number of benzene rings is 1. The maximum absolute atomic E-state index is 6.10. The normalized spacial score (nSPS) is 21.4. The van der Waals surface area contributed by atoms with Gasteiger partial charge in [-0.25, -0.2) is 0 Å². The summed E-state index contributed by atoms with van der Waals surface area (Å²) in [5.74, 6) is 0.0710. The highest BCUT2D eigenvalue weighted by atomic mass is 35.5. The minimum Gasteiger partial charge on any atom is -0.403 e. The van der Waals surface area contributed by atoms with E-state index in [1.54, 1.807) is 0 Å². The molecule has 0 bridgehead atoms. The molecule has 112 valence electrons. The molecule has 1 aromatic carbocycles. The van der Waals surface area contributed by atoms with Crippen molar-refractivity contribution < 1.29 is 9.31 Å². The highest BCUT2D eigenvalue weighted by molar-refractivity contribution is 6.47. The molecule has 1 fully saturated rings. The number of aryl methyl sites for hydroxylation is 1. The van der Waals surface area contributed by atoms with Crippen molar-refractivity contribution in [1.29, 1.82) is 0 Å². The van der Waals surface area contributed by atoms with E-state index >= 15 is 0 Å². The van der Waals surface area contributed by atoms with Gasteiger partial charge in [-0.2, -0.15) is 0 Å². The van der Waals surface area contributed by atoms with E-state index in [4.69, 9.17) is 15.0 Å². The minimum absolute atomic E-state index is 0. The van der Waals surface area contributed by atoms with Crippen molar-refractivity contribution in [3.05, 3.63) is 35.4 Å². The van der Waals surface area contributed by atoms with Gasteiger partial charge in [0, 0.05) is 5.82 Å². The second kappa shape index (κ2) is 6.06. The van der Waals surface area contributed by atoms with Crippen LogP contribution in [-0.2, 0) is 9.31 Å². The number of nitrogens with two attached hydrogens (primary N) is 1. The minimum atomic E-state index is -0.310. The third kappa shape index (κ3) is 3.20. The van der Waals surface area contributed by atoms with E-state index in [1.165, 1.54) is 11.1 Å². The zero-order valence-corrected chi connectivity index (χ0v) is 13.8. The van der Waals surface area contributed by atoms with Crippen molar-refractivity contribution in [2.75, 3.05) is 6.54 Å². The van der Waals surface area contributed by atoms with Gasteiger partial charge in [0.15, 0.2) is 0 Å². The van der Waals surface area contributed by atoms with Crippen molar-refractivity contribution >= 4 is 19.5 Å². The molecule has 2 N–H and O–H groups in total. The van der Waals surface area contributed by atoms with Gasteiger partial charge in [-0.3, -0.25) is 0 Å². The highest BCUT2D eigenvalue weighted by Gasteiger charge is 2.53. The summed E-state index contributed by atoms with van der Waals surface area (Å²) in [5.41, 5.74) is 7.74. The molecule has 0 saturated carbocycles. The summed E-state index contributed by atoms with van der Waals surface area (Å²) < 4.78 is 12.2. The first kappa shape index (κ1) is 17.5. The Bertz CT molecular complexity index is 432. The van der Waals surface area contributed by atoms with Crippen LogP contribution >= 0.6 is 12.4 Å². The van der Waals surface area contributed by atoms with Gasteiger partial charge in [0.2, 0.25) is 0 Å². The molecule has 1 aromatic rings. The van der Waals surface area contributed by atoms with Crippen LogP contribution in [0.1, 0.15) is 44.6 Å². The molecule has 2 rings (SSSR count). The van der Waals surface area contributed by atoms with Gasteiger partial charge in [-0.15, -0.1) is 12.4 Å². The highest BCUT2D eigenvalue weighted by Crippen LogP contribution is 2.40. The van der Waals surface area contributed by atoms with Gasteiger partial charge >= 0.3 is 7.12 Å². The third-order valence-electron chi connectivity index (χ3n) is 4.36. The summed E-state index contributed by atoms with van der Waals surface area (Å²) in [7, 11) is -0.280. The first-order chi connectivity index (χ1) is 8.77. The van der Waals surface area contributed by atoms with E-state index in [0.717, 1.165) is 0 Å². The molecule has 0 amide bonds. The van der Waals surface area contributed by atoms with Crippen molar-refractivity contribution in [2.45, 2.75) is 51.6 Å². The topological polar surface area (TPSA) is 44.5 Å². The molecule has 1 heterocycles. The Balaban J connectivity index is 0.00000200. The molecule has 0 spiro atoms. The summed E-state index contributed by atoms with van der Waals surface area (Å²) in [5, 5.41) is 0. The average molecular weight is 298 g/mol. The Morgan fingerprint density at radius 1 is 1.05 bits per heavy atom. The fourth-order valence-corrected chi connectivity index (χ4v) is 2.27. The fourth-order valence-electron chi connectivity index (χ4n) is 2.27. The summed E-state index contributed by atoms with van der Waals surface area (Å²) in [6, 6.07) is 8.42. The van der Waals surface area contributed by atoms with Gasteiger partial charge in [-0.05, 0) is 46.7 Å². The maximum Gasteiger partial charge on any atom is 0.467 e. The lowest BCUT2D eigenvalue weighted by atomic mass is 9.68. The number of hydrogen-bond acceptors (Lipinski definition) is 3. The van der Waals surface area contributed by atoms with E-state index in [1.807, 2.05) is 0 Å². The molecule has 1 aliphatic heterocycles. The van der Waals surface area contributed by atoms with E-state index < -0.39 is 0 Å². The summed E-state index contributed by atoms with van der Waals surface area (Å²) >= 11 is 0. The van der Waals surface area contributed by atoms with Crippen molar-refractivity contribution in [2.24, 2.45) is 5.73 Å². The molecule has 20 heavy (non-hydrogen) atoms. The summed E-state index contributed by atoms with van der Waals surface area (Å²) in [6.45, 7) is 10.9. The summed E-state index contributed by atoms with van der Waals surface area (Å²) in [4.78, 5) is 0. The standard InChI is InChI=1S/C15H24BNO2.ClH/c1-11-6-8-12(9-7-11)13(10-17)16-18-14(2,3)15(4,5)19-16;/h6-9,13H,10,17H2,1-5H3;1H/t13-;/m0./s1. The lowest BCUT2D eigenvalue weighted by Crippen LogP contribution is -2.41. The Labute approximate surface area is 128 Å². The molecule has 0 aliphatic carbocycles. The molecule has 5 heteroatoms. The third-order valence-corrected chi connectivity index (χ3v) is 4.36. The first-order valence-corrected chi connectivity index (χ1v) is 6.89. The van der Waals surface area contributed by atoms with Gasteiger partial charge in [0.25, 0.3) is 0 Å². The smallest absolute Gasteiger partial charge is 0.403 e. The molecule has 3 nitrogen and oxygen atoms in total. The molecule has 0 radical (unpaired) electrons. The average Bonchev–Trinajstić information content (AvgIpc) is 2.51. The lowest BCUT2D eigenvalue weighted by molar-refractivity contribution is 0.00578. The monoisotopic (exact) mass is 297 g/mol. The van der Waals surface area contributed by atoms with Crippen molar-refractivity contribution in [1.82, 2.24) is 0 Å². The van der Waals surface area contributed by atoms with Crippen LogP contribution in [0.5, 0.6) is 0 Å². The van der Waals surface area contributed by atoms with Crippen LogP contribution < -0.4 is 5.73 Å². The maximum atomic E-state index is 6.10. The number of rotatable bonds is 3. The van der Waals surface area contributed by atoms with Crippen LogP contribution in [0.25, 0.3) is 0 Å². The first-order valence-electron chi connectivity index (χ1n) is 6.89. The Kier molecular flexibility index (Phi) is 5.31. The molecule has 0 unspecified atom stereocenters. The van der Waals surface area contributed by atoms with Gasteiger partial charge in [0.1, 0.15) is 0 Å². The van der Waals surface area contributed by atoms with E-state index in [0.29, 0.717) is 6.54 Å². The van der Waals surface area contributed by atoms with Crippen LogP contribution in [0.2, 0.25) is 0 Å². The van der Waals surface area contributed by atoms with E-state index in [2.05, 4.69) is 58.9 Å². The largest absolute Gasteiger partial charge is 0.467 e. The quantitative estimate of drug-likeness (QED) is 0.872. The van der Waals surface area contributed by atoms with Crippen LogP contribution in [0, 0.1) is 6.92 Å². The van der Waals surface area contributed by atoms with E-state index in [9.17, 15) is 0 Å². The number of hydrogen-bond donors (Lipinski definition) is 1. The zero-order valence-electron chi connectivity index (χ0n) is 13.0. The van der Waals surface area contributed by atoms with Gasteiger partial charge in [-0.1, -0.05) is 29.8 Å². The Hall–Kier alpha value is -0.545. The number of halogens is 1. The van der Waals surface area contributed by atoms with Crippen LogP contribution in [-0.4, -0.2) is 24.9 Å². The molecule has 1 saturated heterocycles. The van der Waals surface area contributed by atoms with Crippen LogP contribution in [0.4, 0.5) is 0 Å². The zero-order chi connectivity index (χ0) is 14.3. The molecule has 0 aromatic heterocycles. The SMILES string of the molecule is Cc1ccc([C@H](CN)B2OC(C)(C)C(C)(C)O2)cc1.Cl. The molecular weight excluding hydrogens is 272 g/mol. The second-order valence-electron chi connectivity index (χ2n) is 6.38.